The van der Waals surface area contributed by atoms with Gasteiger partial charge in [0.2, 0.25) is 10.7 Å². The van der Waals surface area contributed by atoms with Crippen LogP contribution in [0.2, 0.25) is 0 Å². The number of aryl methyl sites for hydroxylation is 1. The number of carbonyl (C=O) groups excluding carboxylic acids is 1. The number of hydrogen-bond donors (Lipinski definition) is 1. The Hall–Kier alpha value is -2.47. The first-order chi connectivity index (χ1) is 10.6. The SMILES string of the molecule is Cn1/c(=N\NC(=O)Cc2ccc(F)cc2)sc2ccccc21. The van der Waals surface area contributed by atoms with Crippen LogP contribution in [0.1, 0.15) is 5.56 Å². The fourth-order valence-electron chi connectivity index (χ4n) is 2.13. The summed E-state index contributed by atoms with van der Waals surface area (Å²) >= 11 is 1.51. The van der Waals surface area contributed by atoms with Gasteiger partial charge in [-0.25, -0.2) is 9.82 Å². The molecule has 0 atom stereocenters. The van der Waals surface area contributed by atoms with Gasteiger partial charge in [-0.2, -0.15) is 0 Å². The second kappa shape index (κ2) is 6.11. The average molecular weight is 315 g/mol. The van der Waals surface area contributed by atoms with Gasteiger partial charge in [0, 0.05) is 7.05 Å². The number of rotatable bonds is 3. The van der Waals surface area contributed by atoms with Crippen molar-refractivity contribution in [2.24, 2.45) is 12.1 Å². The topological polar surface area (TPSA) is 46.4 Å². The van der Waals surface area contributed by atoms with Crippen molar-refractivity contribution >= 4 is 27.5 Å². The maximum atomic E-state index is 12.8. The van der Waals surface area contributed by atoms with Crippen LogP contribution >= 0.6 is 11.3 Å². The Morgan fingerprint density at radius 3 is 2.68 bits per heavy atom. The smallest absolute Gasteiger partial charge is 0.244 e. The van der Waals surface area contributed by atoms with E-state index in [0.717, 1.165) is 15.8 Å². The standard InChI is InChI=1S/C16H14FN3OS/c1-20-13-4-2-3-5-14(13)22-16(20)19-18-15(21)10-11-6-8-12(17)9-7-11/h2-9H,10H2,1H3,(H,18,21)/b19-16+. The molecule has 2 aromatic carbocycles. The second-order valence-corrected chi connectivity index (χ2v) is 5.87. The van der Waals surface area contributed by atoms with Crippen molar-refractivity contribution in [1.29, 1.82) is 0 Å². The zero-order valence-corrected chi connectivity index (χ0v) is 12.7. The predicted molar refractivity (Wildman–Crippen MR) is 84.6 cm³/mol. The summed E-state index contributed by atoms with van der Waals surface area (Å²) in [4.78, 5) is 12.6. The molecule has 0 aliphatic rings. The van der Waals surface area contributed by atoms with E-state index in [1.165, 1.54) is 23.5 Å². The first-order valence-electron chi connectivity index (χ1n) is 6.75. The molecule has 1 amide bonds. The minimum atomic E-state index is -0.314. The summed E-state index contributed by atoms with van der Waals surface area (Å²) < 4.78 is 15.9. The Labute approximate surface area is 130 Å². The lowest BCUT2D eigenvalue weighted by atomic mass is 10.1. The molecule has 0 aliphatic heterocycles. The largest absolute Gasteiger partial charge is 0.318 e. The van der Waals surface area contributed by atoms with Gasteiger partial charge in [0.1, 0.15) is 5.82 Å². The maximum Gasteiger partial charge on any atom is 0.244 e. The van der Waals surface area contributed by atoms with Crippen molar-refractivity contribution in [2.75, 3.05) is 0 Å². The molecule has 0 bridgehead atoms. The Morgan fingerprint density at radius 1 is 1.23 bits per heavy atom. The number of nitrogens with one attached hydrogen (secondary N) is 1. The van der Waals surface area contributed by atoms with Gasteiger partial charge in [0.05, 0.1) is 16.6 Å². The van der Waals surface area contributed by atoms with E-state index >= 15 is 0 Å². The van der Waals surface area contributed by atoms with E-state index in [2.05, 4.69) is 10.5 Å². The molecule has 4 nitrogen and oxygen atoms in total. The summed E-state index contributed by atoms with van der Waals surface area (Å²) in [5.74, 6) is -0.546. The maximum absolute atomic E-state index is 12.8. The minimum absolute atomic E-state index is 0.165. The molecule has 22 heavy (non-hydrogen) atoms. The van der Waals surface area contributed by atoms with E-state index in [9.17, 15) is 9.18 Å². The molecule has 1 heterocycles. The monoisotopic (exact) mass is 315 g/mol. The van der Waals surface area contributed by atoms with Crippen LogP contribution in [0.3, 0.4) is 0 Å². The van der Waals surface area contributed by atoms with Gasteiger partial charge >= 0.3 is 0 Å². The third kappa shape index (κ3) is 3.07. The highest BCUT2D eigenvalue weighted by atomic mass is 32.1. The molecule has 0 saturated heterocycles. The van der Waals surface area contributed by atoms with Crippen molar-refractivity contribution in [3.05, 3.63) is 64.7 Å². The Balaban J connectivity index is 1.76. The van der Waals surface area contributed by atoms with Gasteiger partial charge in [-0.05, 0) is 29.8 Å². The number of fused-ring (bicyclic) bond motifs is 1. The highest BCUT2D eigenvalue weighted by molar-refractivity contribution is 7.16. The van der Waals surface area contributed by atoms with Gasteiger partial charge in [-0.1, -0.05) is 35.6 Å². The van der Waals surface area contributed by atoms with E-state index in [4.69, 9.17) is 0 Å². The van der Waals surface area contributed by atoms with Crippen LogP contribution in [0, 0.1) is 5.82 Å². The number of nitrogens with zero attached hydrogens (tertiary/aromatic N) is 2. The molecule has 0 saturated carbocycles. The van der Waals surface area contributed by atoms with Crippen molar-refractivity contribution in [3.63, 3.8) is 0 Å². The van der Waals surface area contributed by atoms with E-state index < -0.39 is 0 Å². The molecule has 3 aromatic rings. The van der Waals surface area contributed by atoms with Crippen molar-refractivity contribution < 1.29 is 9.18 Å². The summed E-state index contributed by atoms with van der Waals surface area (Å²) in [6, 6.07) is 13.8. The fourth-order valence-corrected chi connectivity index (χ4v) is 3.11. The third-order valence-corrected chi connectivity index (χ3v) is 4.38. The van der Waals surface area contributed by atoms with Gasteiger partial charge < -0.3 is 4.57 Å². The molecule has 3 rings (SSSR count). The molecular formula is C16H14FN3OS. The molecule has 0 aliphatic carbocycles. The fraction of sp³-hybridized carbons (Fsp3) is 0.125. The van der Waals surface area contributed by atoms with Crippen LogP contribution in [0.25, 0.3) is 10.2 Å². The molecule has 0 unspecified atom stereocenters. The van der Waals surface area contributed by atoms with Crippen LogP contribution in [-0.4, -0.2) is 10.5 Å². The van der Waals surface area contributed by atoms with E-state index in [-0.39, 0.29) is 18.1 Å². The average Bonchev–Trinajstić information content (AvgIpc) is 2.84. The number of hydrogen-bond acceptors (Lipinski definition) is 3. The highest BCUT2D eigenvalue weighted by Crippen LogP contribution is 2.14. The third-order valence-electron chi connectivity index (χ3n) is 3.27. The minimum Gasteiger partial charge on any atom is -0.318 e. The van der Waals surface area contributed by atoms with Crippen LogP contribution < -0.4 is 10.2 Å². The number of para-hydroxylation sites is 1. The molecular weight excluding hydrogens is 301 g/mol. The lowest BCUT2D eigenvalue weighted by molar-refractivity contribution is -0.120. The van der Waals surface area contributed by atoms with Crippen LogP contribution in [0.4, 0.5) is 4.39 Å². The quantitative estimate of drug-likeness (QED) is 0.742. The van der Waals surface area contributed by atoms with Gasteiger partial charge in [-0.15, -0.1) is 5.10 Å². The van der Waals surface area contributed by atoms with Crippen molar-refractivity contribution in [1.82, 2.24) is 9.99 Å². The van der Waals surface area contributed by atoms with Gasteiger partial charge in [0.15, 0.2) is 0 Å². The molecule has 0 radical (unpaired) electrons. The van der Waals surface area contributed by atoms with Crippen molar-refractivity contribution in [3.8, 4) is 0 Å². The highest BCUT2D eigenvalue weighted by Gasteiger charge is 2.04. The molecule has 0 spiro atoms. The normalized spacial score (nSPS) is 11.8. The number of benzene rings is 2. The lowest BCUT2D eigenvalue weighted by Gasteiger charge is -2.00. The first kappa shape index (κ1) is 14.5. The van der Waals surface area contributed by atoms with Crippen LogP contribution in [-0.2, 0) is 18.3 Å². The molecule has 1 aromatic heterocycles. The van der Waals surface area contributed by atoms with E-state index in [0.29, 0.717) is 4.80 Å². The van der Waals surface area contributed by atoms with Crippen molar-refractivity contribution in [2.45, 2.75) is 6.42 Å². The number of halogens is 1. The Bertz CT molecular complexity index is 880. The molecule has 112 valence electrons. The molecule has 0 fully saturated rings. The number of amides is 1. The summed E-state index contributed by atoms with van der Waals surface area (Å²) in [5, 5.41) is 4.16. The Kier molecular flexibility index (Phi) is 4.02. The predicted octanol–water partition coefficient (Wildman–Crippen LogP) is 2.55. The van der Waals surface area contributed by atoms with E-state index in [1.54, 1.807) is 12.1 Å². The van der Waals surface area contributed by atoms with Crippen LogP contribution in [0.15, 0.2) is 53.6 Å². The zero-order chi connectivity index (χ0) is 15.5. The first-order valence-corrected chi connectivity index (χ1v) is 7.57. The Morgan fingerprint density at radius 2 is 1.95 bits per heavy atom. The number of thiazole rings is 1. The van der Waals surface area contributed by atoms with Crippen LogP contribution in [0.5, 0.6) is 0 Å². The van der Waals surface area contributed by atoms with E-state index in [1.807, 2.05) is 35.9 Å². The van der Waals surface area contributed by atoms with Gasteiger partial charge in [-0.3, -0.25) is 4.79 Å². The summed E-state index contributed by atoms with van der Waals surface area (Å²) in [6.45, 7) is 0. The summed E-state index contributed by atoms with van der Waals surface area (Å²) in [6.07, 6.45) is 0.165. The summed E-state index contributed by atoms with van der Waals surface area (Å²) in [7, 11) is 1.91. The second-order valence-electron chi connectivity index (χ2n) is 4.86. The summed E-state index contributed by atoms with van der Waals surface area (Å²) in [5.41, 5.74) is 4.36. The number of carbonyl (C=O) groups is 1. The molecule has 6 heteroatoms. The zero-order valence-electron chi connectivity index (χ0n) is 11.9. The van der Waals surface area contributed by atoms with Gasteiger partial charge in [0.25, 0.3) is 0 Å². The number of aromatic nitrogens is 1. The molecule has 1 N–H and O–H groups in total. The lowest BCUT2D eigenvalue weighted by Crippen LogP contribution is -2.24.